The summed E-state index contributed by atoms with van der Waals surface area (Å²) in [6.45, 7) is 7.83. The maximum atomic E-state index is 13.8. The molecule has 3 aliphatic heterocycles. The van der Waals surface area contributed by atoms with Gasteiger partial charge in [-0.25, -0.2) is 0 Å². The van der Waals surface area contributed by atoms with Gasteiger partial charge < -0.3 is 9.64 Å². The van der Waals surface area contributed by atoms with E-state index in [0.717, 1.165) is 24.2 Å². The van der Waals surface area contributed by atoms with Crippen LogP contribution in [0.25, 0.3) is 0 Å². The van der Waals surface area contributed by atoms with E-state index in [1.807, 2.05) is 36.1 Å². The number of nitrogens with zero attached hydrogens (tertiary/aromatic N) is 2. The Bertz CT molecular complexity index is 868. The van der Waals surface area contributed by atoms with E-state index in [-0.39, 0.29) is 23.8 Å². The van der Waals surface area contributed by atoms with E-state index in [1.165, 1.54) is 4.90 Å². The van der Waals surface area contributed by atoms with Crippen molar-refractivity contribution in [2.45, 2.75) is 51.6 Å². The second-order valence-electron chi connectivity index (χ2n) is 9.37. The lowest BCUT2D eigenvalue weighted by atomic mass is 9.74. The molecule has 0 unspecified atom stereocenters. The highest BCUT2D eigenvalue weighted by atomic mass is 16.5. The van der Waals surface area contributed by atoms with Gasteiger partial charge in [0.15, 0.2) is 0 Å². The molecule has 1 aromatic carbocycles. The van der Waals surface area contributed by atoms with Crippen LogP contribution in [0.4, 0.5) is 0 Å². The lowest BCUT2D eigenvalue weighted by molar-refractivity contribution is -0.149. The average molecular weight is 428 g/mol. The Morgan fingerprint density at radius 2 is 1.87 bits per heavy atom. The number of ether oxygens (including phenoxy) is 1. The van der Waals surface area contributed by atoms with E-state index >= 15 is 0 Å². The third-order valence-corrected chi connectivity index (χ3v) is 7.18. The van der Waals surface area contributed by atoms with Gasteiger partial charge in [-0.05, 0) is 49.8 Å². The molecule has 4 rings (SSSR count). The fraction of sp³-hybridized carbons (Fsp3) is 0.625. The fourth-order valence-corrected chi connectivity index (χ4v) is 5.56. The summed E-state index contributed by atoms with van der Waals surface area (Å²) in [7, 11) is 1.61. The number of piperidine rings is 1. The van der Waals surface area contributed by atoms with Gasteiger partial charge in [-0.2, -0.15) is 0 Å². The van der Waals surface area contributed by atoms with Crippen LogP contribution in [0, 0.1) is 17.8 Å². The molecule has 3 aliphatic rings. The van der Waals surface area contributed by atoms with Crippen LogP contribution in [-0.2, 0) is 14.4 Å². The van der Waals surface area contributed by atoms with Gasteiger partial charge in [0.1, 0.15) is 11.3 Å². The molecule has 0 radical (unpaired) electrons. The number of hydrogen-bond acceptors (Lipinski definition) is 5. The second kappa shape index (κ2) is 8.26. The first-order chi connectivity index (χ1) is 14.8. The number of benzene rings is 1. The third-order valence-electron chi connectivity index (χ3n) is 7.18. The molecule has 4 atom stereocenters. The minimum Gasteiger partial charge on any atom is -0.497 e. The van der Waals surface area contributed by atoms with Crippen molar-refractivity contribution in [3.05, 3.63) is 29.8 Å². The Morgan fingerprint density at radius 3 is 2.48 bits per heavy atom. The molecule has 31 heavy (non-hydrogen) atoms. The summed E-state index contributed by atoms with van der Waals surface area (Å²) in [6.07, 6.45) is 2.32. The summed E-state index contributed by atoms with van der Waals surface area (Å²) >= 11 is 0. The van der Waals surface area contributed by atoms with Crippen molar-refractivity contribution in [1.82, 2.24) is 15.1 Å². The van der Waals surface area contributed by atoms with E-state index < -0.39 is 17.4 Å². The van der Waals surface area contributed by atoms with Crippen LogP contribution in [0.15, 0.2) is 24.3 Å². The standard InChI is InChI=1S/C24H33N3O4/c1-5-27-21(28)18-19(22(27)29)24(12-6-13-26(23(24)30)14-11-15(2)3)25-20(18)16-7-9-17(31-4)10-8-16/h7-10,15,18-20,25H,5-6,11-14H2,1-4H3/t18-,19-,20-,24-/m1/s1. The van der Waals surface area contributed by atoms with Crippen LogP contribution >= 0.6 is 0 Å². The smallest absolute Gasteiger partial charge is 0.243 e. The molecule has 1 N–H and O–H groups in total. The number of nitrogens with one attached hydrogen (secondary N) is 1. The van der Waals surface area contributed by atoms with Crippen molar-refractivity contribution in [2.24, 2.45) is 17.8 Å². The number of carbonyl (C=O) groups excluding carboxylic acids is 3. The molecule has 3 amide bonds. The average Bonchev–Trinajstić information content (AvgIpc) is 3.23. The number of methoxy groups -OCH3 is 1. The summed E-state index contributed by atoms with van der Waals surface area (Å²) in [6, 6.07) is 7.17. The zero-order chi connectivity index (χ0) is 22.3. The Kier molecular flexibility index (Phi) is 5.81. The number of rotatable bonds is 6. The van der Waals surface area contributed by atoms with Crippen molar-refractivity contribution in [3.8, 4) is 5.75 Å². The highest BCUT2D eigenvalue weighted by Gasteiger charge is 2.68. The van der Waals surface area contributed by atoms with Gasteiger partial charge in [-0.15, -0.1) is 0 Å². The predicted octanol–water partition coefficient (Wildman–Crippen LogP) is 2.37. The lowest BCUT2D eigenvalue weighted by Crippen LogP contribution is -2.63. The number of likely N-dealkylation sites (tertiary alicyclic amines) is 2. The number of amides is 3. The van der Waals surface area contributed by atoms with Gasteiger partial charge in [-0.1, -0.05) is 26.0 Å². The van der Waals surface area contributed by atoms with E-state index in [9.17, 15) is 14.4 Å². The molecule has 1 spiro atoms. The zero-order valence-corrected chi connectivity index (χ0v) is 18.9. The topological polar surface area (TPSA) is 79.0 Å². The van der Waals surface area contributed by atoms with Crippen molar-refractivity contribution in [1.29, 1.82) is 0 Å². The van der Waals surface area contributed by atoms with E-state index in [4.69, 9.17) is 4.74 Å². The maximum absolute atomic E-state index is 13.8. The molecule has 3 saturated heterocycles. The minimum absolute atomic E-state index is 0.0236. The van der Waals surface area contributed by atoms with E-state index in [1.54, 1.807) is 7.11 Å². The maximum Gasteiger partial charge on any atom is 0.243 e. The van der Waals surface area contributed by atoms with Crippen molar-refractivity contribution in [2.75, 3.05) is 26.7 Å². The second-order valence-corrected chi connectivity index (χ2v) is 9.37. The number of hydrogen-bond donors (Lipinski definition) is 1. The van der Waals surface area contributed by atoms with Gasteiger partial charge in [0.05, 0.1) is 18.9 Å². The normalized spacial score (nSPS) is 30.6. The monoisotopic (exact) mass is 427 g/mol. The largest absolute Gasteiger partial charge is 0.497 e. The van der Waals surface area contributed by atoms with E-state index in [0.29, 0.717) is 32.0 Å². The molecule has 3 heterocycles. The first-order valence-electron chi connectivity index (χ1n) is 11.4. The Labute approximate surface area is 184 Å². The van der Waals surface area contributed by atoms with Gasteiger partial charge >= 0.3 is 0 Å². The zero-order valence-electron chi connectivity index (χ0n) is 18.9. The Balaban J connectivity index is 1.73. The Morgan fingerprint density at radius 1 is 1.16 bits per heavy atom. The quantitative estimate of drug-likeness (QED) is 0.705. The molecule has 7 heteroatoms. The number of imide groups is 1. The Hall–Kier alpha value is -2.41. The first-order valence-corrected chi connectivity index (χ1v) is 11.4. The van der Waals surface area contributed by atoms with Gasteiger partial charge in [0.25, 0.3) is 0 Å². The molecule has 0 saturated carbocycles. The highest BCUT2D eigenvalue weighted by Crippen LogP contribution is 2.52. The van der Waals surface area contributed by atoms with Gasteiger partial charge in [0, 0.05) is 25.7 Å². The predicted molar refractivity (Wildman–Crippen MR) is 116 cm³/mol. The summed E-state index contributed by atoms with van der Waals surface area (Å²) in [5.41, 5.74) is -0.111. The van der Waals surface area contributed by atoms with Crippen molar-refractivity contribution in [3.63, 3.8) is 0 Å². The van der Waals surface area contributed by atoms with Crippen molar-refractivity contribution >= 4 is 17.7 Å². The summed E-state index contributed by atoms with van der Waals surface area (Å²) in [5, 5.41) is 3.53. The minimum atomic E-state index is -1.01. The highest BCUT2D eigenvalue weighted by molar-refractivity contribution is 6.10. The SMILES string of the molecule is CCN1C(=O)[C@H]2[C@@H](c3ccc(OC)cc3)N[C@]3(CCCN(CCC(C)C)C3=O)[C@H]2C1=O. The molecule has 1 aromatic rings. The lowest BCUT2D eigenvalue weighted by Gasteiger charge is -2.42. The summed E-state index contributed by atoms with van der Waals surface area (Å²) in [4.78, 5) is 43.7. The number of fused-ring (bicyclic) bond motifs is 2. The van der Waals surface area contributed by atoms with Crippen molar-refractivity contribution < 1.29 is 19.1 Å². The molecule has 3 fully saturated rings. The first kappa shape index (κ1) is 21.8. The summed E-state index contributed by atoms with van der Waals surface area (Å²) in [5.74, 6) is -0.395. The summed E-state index contributed by atoms with van der Waals surface area (Å²) < 4.78 is 5.27. The third kappa shape index (κ3) is 3.43. The van der Waals surface area contributed by atoms with Gasteiger partial charge in [0.2, 0.25) is 17.7 Å². The van der Waals surface area contributed by atoms with E-state index in [2.05, 4.69) is 19.2 Å². The van der Waals surface area contributed by atoms with Crippen LogP contribution in [0.1, 0.15) is 51.6 Å². The fourth-order valence-electron chi connectivity index (χ4n) is 5.56. The van der Waals surface area contributed by atoms with Crippen LogP contribution in [0.2, 0.25) is 0 Å². The molecule has 7 nitrogen and oxygen atoms in total. The number of carbonyl (C=O) groups is 3. The van der Waals surface area contributed by atoms with Crippen LogP contribution in [0.3, 0.4) is 0 Å². The van der Waals surface area contributed by atoms with Gasteiger partial charge in [-0.3, -0.25) is 24.6 Å². The molecule has 0 aromatic heterocycles. The molecular formula is C24H33N3O4. The molecule has 0 bridgehead atoms. The molecular weight excluding hydrogens is 394 g/mol. The van der Waals surface area contributed by atoms with Crippen LogP contribution in [-0.4, -0.2) is 59.8 Å². The van der Waals surface area contributed by atoms with Crippen LogP contribution in [0.5, 0.6) is 5.75 Å². The molecule has 0 aliphatic carbocycles. The molecule has 168 valence electrons. The van der Waals surface area contributed by atoms with Crippen LogP contribution < -0.4 is 10.1 Å².